The third-order valence-electron chi connectivity index (χ3n) is 3.11. The molecular formula is C11H23NO2. The Morgan fingerprint density at radius 3 is 2.43 bits per heavy atom. The molecule has 14 heavy (non-hydrogen) atoms. The molecule has 0 amide bonds. The number of rotatable bonds is 4. The Bertz CT molecular complexity index is 163. The Kier molecular flexibility index (Phi) is 4.35. The van der Waals surface area contributed by atoms with E-state index < -0.39 is 5.60 Å². The standard InChI is InChI=1S/C11H23NO2/c1-3-11(2,13)8-14-10-6-4-9(12)5-7-10/h9-10,13H,3-8,12H2,1-2H3. The van der Waals surface area contributed by atoms with Crippen LogP contribution in [0.25, 0.3) is 0 Å². The molecule has 1 rings (SSSR count). The highest BCUT2D eigenvalue weighted by molar-refractivity contribution is 4.76. The molecule has 3 heteroatoms. The Morgan fingerprint density at radius 2 is 1.93 bits per heavy atom. The molecule has 1 unspecified atom stereocenters. The van der Waals surface area contributed by atoms with Crippen molar-refractivity contribution in [1.82, 2.24) is 0 Å². The normalized spacial score (nSPS) is 32.6. The molecule has 0 bridgehead atoms. The van der Waals surface area contributed by atoms with Crippen LogP contribution >= 0.6 is 0 Å². The average molecular weight is 201 g/mol. The smallest absolute Gasteiger partial charge is 0.0849 e. The number of hydrogen-bond acceptors (Lipinski definition) is 3. The van der Waals surface area contributed by atoms with Crippen LogP contribution in [0.15, 0.2) is 0 Å². The van der Waals surface area contributed by atoms with Gasteiger partial charge in [-0.15, -0.1) is 0 Å². The molecule has 1 atom stereocenters. The Labute approximate surface area is 86.6 Å². The zero-order chi connectivity index (χ0) is 10.6. The number of ether oxygens (including phenoxy) is 1. The molecule has 0 aliphatic heterocycles. The van der Waals surface area contributed by atoms with Gasteiger partial charge in [0.25, 0.3) is 0 Å². The quantitative estimate of drug-likeness (QED) is 0.723. The molecule has 0 radical (unpaired) electrons. The van der Waals surface area contributed by atoms with E-state index in [1.165, 1.54) is 0 Å². The van der Waals surface area contributed by atoms with Gasteiger partial charge in [-0.1, -0.05) is 6.92 Å². The van der Waals surface area contributed by atoms with Crippen LogP contribution in [0.1, 0.15) is 46.0 Å². The van der Waals surface area contributed by atoms with Crippen molar-refractivity contribution < 1.29 is 9.84 Å². The van der Waals surface area contributed by atoms with Gasteiger partial charge in [0.15, 0.2) is 0 Å². The highest BCUT2D eigenvalue weighted by atomic mass is 16.5. The summed E-state index contributed by atoms with van der Waals surface area (Å²) in [4.78, 5) is 0. The average Bonchev–Trinajstić information content (AvgIpc) is 2.17. The molecule has 3 N–H and O–H groups in total. The first kappa shape index (κ1) is 12.0. The minimum Gasteiger partial charge on any atom is -0.388 e. The van der Waals surface area contributed by atoms with Gasteiger partial charge in [0.1, 0.15) is 0 Å². The van der Waals surface area contributed by atoms with Crippen LogP contribution in [0.4, 0.5) is 0 Å². The summed E-state index contributed by atoms with van der Waals surface area (Å²) in [6.45, 7) is 4.24. The maximum Gasteiger partial charge on any atom is 0.0849 e. The molecule has 1 aliphatic rings. The lowest BCUT2D eigenvalue weighted by atomic mass is 9.93. The van der Waals surface area contributed by atoms with E-state index >= 15 is 0 Å². The molecule has 84 valence electrons. The van der Waals surface area contributed by atoms with Gasteiger partial charge in [-0.2, -0.15) is 0 Å². The Hall–Kier alpha value is -0.120. The monoisotopic (exact) mass is 201 g/mol. The molecule has 1 fully saturated rings. The van der Waals surface area contributed by atoms with Crippen LogP contribution in [0.3, 0.4) is 0 Å². The lowest BCUT2D eigenvalue weighted by Gasteiger charge is -2.29. The number of nitrogens with two attached hydrogens (primary N) is 1. The molecule has 3 nitrogen and oxygen atoms in total. The van der Waals surface area contributed by atoms with Gasteiger partial charge >= 0.3 is 0 Å². The van der Waals surface area contributed by atoms with Crippen LogP contribution in [0.5, 0.6) is 0 Å². The first-order valence-corrected chi connectivity index (χ1v) is 5.63. The third kappa shape index (κ3) is 3.95. The zero-order valence-corrected chi connectivity index (χ0v) is 9.33. The summed E-state index contributed by atoms with van der Waals surface area (Å²) >= 11 is 0. The predicted octanol–water partition coefficient (Wildman–Crippen LogP) is 1.43. The van der Waals surface area contributed by atoms with E-state index in [1.807, 2.05) is 13.8 Å². The molecular weight excluding hydrogens is 178 g/mol. The van der Waals surface area contributed by atoms with E-state index in [-0.39, 0.29) is 0 Å². The van der Waals surface area contributed by atoms with E-state index in [0.29, 0.717) is 18.8 Å². The maximum atomic E-state index is 9.76. The second-order valence-electron chi connectivity index (χ2n) is 4.70. The summed E-state index contributed by atoms with van der Waals surface area (Å²) < 4.78 is 5.68. The fraction of sp³-hybridized carbons (Fsp3) is 1.00. The Balaban J connectivity index is 2.19. The summed E-state index contributed by atoms with van der Waals surface area (Å²) in [5.41, 5.74) is 5.13. The van der Waals surface area contributed by atoms with Gasteiger partial charge in [-0.25, -0.2) is 0 Å². The molecule has 0 spiro atoms. The SMILES string of the molecule is CCC(C)(O)COC1CCC(N)CC1. The van der Waals surface area contributed by atoms with Crippen molar-refractivity contribution in [2.24, 2.45) is 5.73 Å². The highest BCUT2D eigenvalue weighted by Crippen LogP contribution is 2.21. The number of hydrogen-bond donors (Lipinski definition) is 2. The molecule has 1 aliphatic carbocycles. The van der Waals surface area contributed by atoms with Crippen LogP contribution in [0.2, 0.25) is 0 Å². The molecule has 0 saturated heterocycles. The van der Waals surface area contributed by atoms with Crippen molar-refractivity contribution in [1.29, 1.82) is 0 Å². The van der Waals surface area contributed by atoms with E-state index in [9.17, 15) is 5.11 Å². The maximum absolute atomic E-state index is 9.76. The second-order valence-corrected chi connectivity index (χ2v) is 4.70. The number of aliphatic hydroxyl groups is 1. The first-order valence-electron chi connectivity index (χ1n) is 5.63. The van der Waals surface area contributed by atoms with Gasteiger partial charge in [0.05, 0.1) is 18.3 Å². The highest BCUT2D eigenvalue weighted by Gasteiger charge is 2.23. The summed E-state index contributed by atoms with van der Waals surface area (Å²) in [6.07, 6.45) is 5.24. The van der Waals surface area contributed by atoms with Crippen molar-refractivity contribution in [2.45, 2.75) is 63.7 Å². The summed E-state index contributed by atoms with van der Waals surface area (Å²) in [5.74, 6) is 0. The predicted molar refractivity (Wildman–Crippen MR) is 57.1 cm³/mol. The van der Waals surface area contributed by atoms with E-state index in [1.54, 1.807) is 0 Å². The van der Waals surface area contributed by atoms with Gasteiger partial charge < -0.3 is 15.6 Å². The second kappa shape index (κ2) is 5.10. The zero-order valence-electron chi connectivity index (χ0n) is 9.33. The molecule has 0 heterocycles. The Morgan fingerprint density at radius 1 is 1.36 bits per heavy atom. The minimum absolute atomic E-state index is 0.313. The van der Waals surface area contributed by atoms with Crippen LogP contribution in [0, 0.1) is 0 Å². The van der Waals surface area contributed by atoms with Gasteiger partial charge in [-0.3, -0.25) is 0 Å². The van der Waals surface area contributed by atoms with E-state index in [0.717, 1.165) is 32.1 Å². The van der Waals surface area contributed by atoms with Gasteiger partial charge in [-0.05, 0) is 39.0 Å². The third-order valence-corrected chi connectivity index (χ3v) is 3.11. The van der Waals surface area contributed by atoms with Crippen molar-refractivity contribution in [3.63, 3.8) is 0 Å². The largest absolute Gasteiger partial charge is 0.388 e. The lowest BCUT2D eigenvalue weighted by molar-refractivity contribution is -0.0739. The van der Waals surface area contributed by atoms with Gasteiger partial charge in [0, 0.05) is 6.04 Å². The minimum atomic E-state index is -0.667. The van der Waals surface area contributed by atoms with Crippen LogP contribution in [-0.2, 0) is 4.74 Å². The molecule has 0 aromatic rings. The molecule has 0 aromatic heterocycles. The first-order chi connectivity index (χ1) is 6.53. The fourth-order valence-electron chi connectivity index (χ4n) is 1.65. The van der Waals surface area contributed by atoms with Crippen molar-refractivity contribution in [3.8, 4) is 0 Å². The fourth-order valence-corrected chi connectivity index (χ4v) is 1.65. The van der Waals surface area contributed by atoms with Crippen molar-refractivity contribution >= 4 is 0 Å². The van der Waals surface area contributed by atoms with E-state index in [4.69, 9.17) is 10.5 Å². The van der Waals surface area contributed by atoms with Crippen LogP contribution < -0.4 is 5.73 Å². The summed E-state index contributed by atoms with van der Waals surface area (Å²) in [7, 11) is 0. The van der Waals surface area contributed by atoms with Gasteiger partial charge in [0.2, 0.25) is 0 Å². The molecule has 0 aromatic carbocycles. The van der Waals surface area contributed by atoms with Crippen molar-refractivity contribution in [3.05, 3.63) is 0 Å². The summed E-state index contributed by atoms with van der Waals surface area (Å²) in [6, 6.07) is 0.363. The van der Waals surface area contributed by atoms with E-state index in [2.05, 4.69) is 0 Å². The lowest BCUT2D eigenvalue weighted by Crippen LogP contribution is -2.35. The van der Waals surface area contributed by atoms with Crippen molar-refractivity contribution in [2.75, 3.05) is 6.61 Å². The summed E-state index contributed by atoms with van der Waals surface area (Å²) in [5, 5.41) is 9.76. The molecule has 1 saturated carbocycles. The van der Waals surface area contributed by atoms with Crippen LogP contribution in [-0.4, -0.2) is 29.5 Å². The topological polar surface area (TPSA) is 55.5 Å².